The second-order valence-corrected chi connectivity index (χ2v) is 0.795. The van der Waals surface area contributed by atoms with E-state index in [1.165, 1.54) is 0 Å². The molecule has 4 heteroatoms. The van der Waals surface area contributed by atoms with E-state index in [0.717, 1.165) is 0 Å². The van der Waals surface area contributed by atoms with Crippen LogP contribution >= 0.6 is 11.6 Å². The fraction of sp³-hybridized carbons (Fsp3) is 0.500. The molecule has 0 aliphatic carbocycles. The number of hydrogen-bond donors (Lipinski definition) is 1. The molecule has 0 saturated heterocycles. The van der Waals surface area contributed by atoms with Crippen LogP contribution < -0.4 is 0 Å². The Morgan fingerprint density at radius 3 is 2.17 bits per heavy atom. The summed E-state index contributed by atoms with van der Waals surface area (Å²) < 4.78 is 0. The van der Waals surface area contributed by atoms with E-state index in [2.05, 4.69) is 0 Å². The van der Waals surface area contributed by atoms with Gasteiger partial charge in [0, 0.05) is 0 Å². The smallest absolute Gasteiger partial charge is 1.00 e. The number of alkyl halides is 1. The molecule has 0 aromatic heterocycles. The van der Waals surface area contributed by atoms with E-state index in [4.69, 9.17) is 16.7 Å². The maximum Gasteiger partial charge on any atom is 2.00 e. The van der Waals surface area contributed by atoms with E-state index < -0.39 is 5.97 Å². The van der Waals surface area contributed by atoms with Gasteiger partial charge in [-0.05, 0) is 0 Å². The van der Waals surface area contributed by atoms with Crippen LogP contribution in [0.15, 0.2) is 0 Å². The SMILES string of the molecule is O=C(O)CCl.[Ba+2].[H-].[H-]. The summed E-state index contributed by atoms with van der Waals surface area (Å²) in [6.45, 7) is 0. The van der Waals surface area contributed by atoms with Gasteiger partial charge < -0.3 is 7.96 Å². The topological polar surface area (TPSA) is 37.3 Å². The van der Waals surface area contributed by atoms with Gasteiger partial charge in [0.15, 0.2) is 0 Å². The molecule has 0 saturated carbocycles. The van der Waals surface area contributed by atoms with Crippen molar-refractivity contribution in [1.29, 1.82) is 0 Å². The fourth-order valence-corrected chi connectivity index (χ4v) is 0. The summed E-state index contributed by atoms with van der Waals surface area (Å²) in [5.74, 6) is -1.29. The molecule has 0 heterocycles. The first-order valence-corrected chi connectivity index (χ1v) is 1.58. The zero-order chi connectivity index (χ0) is 4.28. The quantitative estimate of drug-likeness (QED) is 0.518. The van der Waals surface area contributed by atoms with Crippen LogP contribution in [0.5, 0.6) is 0 Å². The Morgan fingerprint density at radius 2 is 2.17 bits per heavy atom. The molecule has 0 unspecified atom stereocenters. The number of halogens is 1. The van der Waals surface area contributed by atoms with Gasteiger partial charge in [0.2, 0.25) is 0 Å². The standard InChI is InChI=1S/C2H3ClO2.Ba.2H/c3-1-2(4)5;;;/h1H2,(H,4,5);;;/q;+2;2*-1. The van der Waals surface area contributed by atoms with Crippen molar-refractivity contribution >= 4 is 66.5 Å². The van der Waals surface area contributed by atoms with Crippen LogP contribution in [0.25, 0.3) is 0 Å². The third-order valence-electron chi connectivity index (χ3n) is 0.114. The van der Waals surface area contributed by atoms with Gasteiger partial charge in [-0.1, -0.05) is 0 Å². The number of hydrogen-bond acceptors (Lipinski definition) is 1. The first-order valence-electron chi connectivity index (χ1n) is 1.05. The third-order valence-corrected chi connectivity index (χ3v) is 0.343. The Morgan fingerprint density at radius 1 is 2.00 bits per heavy atom. The summed E-state index contributed by atoms with van der Waals surface area (Å²) in [4.78, 5) is 9.24. The number of carbonyl (C=O) groups is 1. The number of carboxylic acids is 1. The molecule has 0 aliphatic rings. The van der Waals surface area contributed by atoms with Crippen molar-refractivity contribution in [3.8, 4) is 0 Å². The second kappa shape index (κ2) is 6.33. The van der Waals surface area contributed by atoms with Crippen LogP contribution in [-0.2, 0) is 4.79 Å². The predicted molar refractivity (Wildman–Crippen MR) is 26.3 cm³/mol. The van der Waals surface area contributed by atoms with E-state index in [1.807, 2.05) is 0 Å². The van der Waals surface area contributed by atoms with Crippen molar-refractivity contribution in [2.75, 3.05) is 5.88 Å². The number of carboxylic acid groups (broad SMARTS) is 1. The Balaban J connectivity index is -0.0000000267. The van der Waals surface area contributed by atoms with E-state index in [-0.39, 0.29) is 57.6 Å². The van der Waals surface area contributed by atoms with E-state index in [9.17, 15) is 4.79 Å². The Hall–Kier alpha value is 1.33. The van der Waals surface area contributed by atoms with Gasteiger partial charge in [-0.15, -0.1) is 11.6 Å². The van der Waals surface area contributed by atoms with Gasteiger partial charge in [0.1, 0.15) is 5.88 Å². The Bertz CT molecular complexity index is 53.3. The van der Waals surface area contributed by atoms with Crippen molar-refractivity contribution in [3.63, 3.8) is 0 Å². The minimum atomic E-state index is -0.980. The zero-order valence-corrected chi connectivity index (χ0v) is 8.34. The second-order valence-electron chi connectivity index (χ2n) is 0.527. The van der Waals surface area contributed by atoms with Crippen LogP contribution in [0.3, 0.4) is 0 Å². The maximum atomic E-state index is 9.24. The normalized spacial score (nSPS) is 6.17. The predicted octanol–water partition coefficient (Wildman–Crippen LogP) is 0.154. The average Bonchev–Trinajstić information content (AvgIpc) is 1.38. The van der Waals surface area contributed by atoms with Crippen LogP contribution in [0, 0.1) is 0 Å². The molecule has 0 amide bonds. The molecule has 0 bridgehead atoms. The molecule has 0 rings (SSSR count). The molecule has 6 heavy (non-hydrogen) atoms. The maximum absolute atomic E-state index is 9.24. The van der Waals surface area contributed by atoms with Crippen molar-refractivity contribution in [3.05, 3.63) is 0 Å². The van der Waals surface area contributed by atoms with E-state index in [0.29, 0.717) is 0 Å². The van der Waals surface area contributed by atoms with Crippen molar-refractivity contribution in [2.45, 2.75) is 0 Å². The molecule has 0 radical (unpaired) electrons. The summed E-state index contributed by atoms with van der Waals surface area (Å²) in [5, 5.41) is 7.59. The molecular formula is C2H5BaClO2. The van der Waals surface area contributed by atoms with Crippen molar-refractivity contribution < 1.29 is 12.8 Å². The Kier molecular flexibility index (Phi) is 10.9. The van der Waals surface area contributed by atoms with E-state index in [1.54, 1.807) is 0 Å². The minimum absolute atomic E-state index is 0. The van der Waals surface area contributed by atoms with Crippen LogP contribution in [0.2, 0.25) is 0 Å². The average molecular weight is 234 g/mol. The summed E-state index contributed by atoms with van der Waals surface area (Å²) in [5.41, 5.74) is 0. The van der Waals surface area contributed by atoms with Gasteiger partial charge in [-0.2, -0.15) is 0 Å². The van der Waals surface area contributed by atoms with E-state index >= 15 is 0 Å². The van der Waals surface area contributed by atoms with Crippen LogP contribution in [-0.4, -0.2) is 65.8 Å². The molecule has 0 aliphatic heterocycles. The van der Waals surface area contributed by atoms with Gasteiger partial charge in [0.25, 0.3) is 0 Å². The third kappa shape index (κ3) is 9.01. The first kappa shape index (κ1) is 10.3. The summed E-state index contributed by atoms with van der Waals surface area (Å²) in [7, 11) is 0. The largest absolute Gasteiger partial charge is 2.00 e. The molecule has 1 N–H and O–H groups in total. The van der Waals surface area contributed by atoms with Gasteiger partial charge in [-0.3, -0.25) is 4.79 Å². The van der Waals surface area contributed by atoms with Gasteiger partial charge in [0.05, 0.1) is 0 Å². The van der Waals surface area contributed by atoms with Crippen molar-refractivity contribution in [1.82, 2.24) is 0 Å². The summed E-state index contributed by atoms with van der Waals surface area (Å²) in [6.07, 6.45) is 0. The molecule has 0 aromatic rings. The molecular weight excluding hydrogens is 229 g/mol. The molecule has 2 nitrogen and oxygen atoms in total. The number of rotatable bonds is 1. The minimum Gasteiger partial charge on any atom is -1.00 e. The molecule has 0 spiro atoms. The van der Waals surface area contributed by atoms with Crippen LogP contribution in [0.1, 0.15) is 2.85 Å². The fourth-order valence-electron chi connectivity index (χ4n) is 0. The molecule has 0 aromatic carbocycles. The summed E-state index contributed by atoms with van der Waals surface area (Å²) >= 11 is 4.74. The molecule has 0 fully saturated rings. The van der Waals surface area contributed by atoms with Crippen LogP contribution in [0.4, 0.5) is 0 Å². The molecule has 0 atom stereocenters. The monoisotopic (exact) mass is 234 g/mol. The summed E-state index contributed by atoms with van der Waals surface area (Å²) in [6, 6.07) is 0. The first-order chi connectivity index (χ1) is 2.27. The Labute approximate surface area is 83.9 Å². The zero-order valence-electron chi connectivity index (χ0n) is 5.15. The molecule has 34 valence electrons. The number of aliphatic carboxylic acids is 1. The van der Waals surface area contributed by atoms with Gasteiger partial charge in [-0.25, -0.2) is 0 Å². The van der Waals surface area contributed by atoms with Crippen molar-refractivity contribution in [2.24, 2.45) is 0 Å². The van der Waals surface area contributed by atoms with Gasteiger partial charge >= 0.3 is 54.9 Å².